The zero-order valence-electron chi connectivity index (χ0n) is 16.0. The number of nitrogens with zero attached hydrogens (tertiary/aromatic N) is 2. The van der Waals surface area contributed by atoms with Crippen LogP contribution < -0.4 is 5.73 Å². The summed E-state index contributed by atoms with van der Waals surface area (Å²) in [5.74, 6) is -1.33. The molecular formula is C20H20FN3O3S3. The summed E-state index contributed by atoms with van der Waals surface area (Å²) in [4.78, 5) is 30.4. The number of carboxylic acids is 1. The lowest BCUT2D eigenvalue weighted by atomic mass is 10.1. The van der Waals surface area contributed by atoms with Gasteiger partial charge in [-0.3, -0.25) is 14.5 Å². The lowest BCUT2D eigenvalue weighted by molar-refractivity contribution is -0.137. The van der Waals surface area contributed by atoms with Crippen LogP contribution in [-0.2, 0) is 16.1 Å². The first kappa shape index (κ1) is 22.5. The van der Waals surface area contributed by atoms with Gasteiger partial charge in [0.25, 0.3) is 5.91 Å². The van der Waals surface area contributed by atoms with Crippen LogP contribution in [0.5, 0.6) is 0 Å². The van der Waals surface area contributed by atoms with Crippen LogP contribution in [0.25, 0.3) is 16.6 Å². The summed E-state index contributed by atoms with van der Waals surface area (Å²) >= 11 is 7.91. The van der Waals surface area contributed by atoms with Gasteiger partial charge < -0.3 is 10.8 Å². The smallest absolute Gasteiger partial charge is 0.303 e. The summed E-state index contributed by atoms with van der Waals surface area (Å²) in [6, 6.07) is 4.43. The third-order valence-corrected chi connectivity index (χ3v) is 6.82. The van der Waals surface area contributed by atoms with E-state index < -0.39 is 5.97 Å². The highest BCUT2D eigenvalue weighted by molar-refractivity contribution is 8.26. The summed E-state index contributed by atoms with van der Waals surface area (Å²) < 4.78 is 14.1. The molecule has 1 aliphatic rings. The first-order valence-corrected chi connectivity index (χ1v) is 11.3. The first-order valence-electron chi connectivity index (χ1n) is 9.31. The molecule has 0 atom stereocenters. The van der Waals surface area contributed by atoms with Crippen molar-refractivity contribution < 1.29 is 19.1 Å². The van der Waals surface area contributed by atoms with Crippen LogP contribution in [0.1, 0.15) is 36.1 Å². The van der Waals surface area contributed by atoms with E-state index in [1.54, 1.807) is 23.2 Å². The molecule has 1 saturated heterocycles. The Labute approximate surface area is 187 Å². The highest BCUT2D eigenvalue weighted by atomic mass is 32.2. The Morgan fingerprint density at radius 3 is 2.87 bits per heavy atom. The highest BCUT2D eigenvalue weighted by Crippen LogP contribution is 2.35. The molecule has 1 aliphatic heterocycles. The van der Waals surface area contributed by atoms with Crippen molar-refractivity contribution in [2.45, 2.75) is 32.2 Å². The van der Waals surface area contributed by atoms with E-state index in [1.807, 2.05) is 0 Å². The van der Waals surface area contributed by atoms with Gasteiger partial charge in [-0.15, -0.1) is 11.3 Å². The summed E-state index contributed by atoms with van der Waals surface area (Å²) in [6.45, 7) is 0.744. The Kier molecular flexibility index (Phi) is 7.70. The molecule has 0 aliphatic carbocycles. The van der Waals surface area contributed by atoms with E-state index in [0.29, 0.717) is 39.2 Å². The minimum Gasteiger partial charge on any atom is -0.481 e. The SMILES string of the molecule is NCc1ccc(F)cc1-c1ncc(/C=C2\SC(=S)N(CCCCCC(=O)O)C2=O)s1. The Balaban J connectivity index is 1.68. The molecule has 10 heteroatoms. The second-order valence-electron chi connectivity index (χ2n) is 6.61. The number of hydrogen-bond acceptors (Lipinski definition) is 7. The number of thiocarbonyl (C=S) groups is 1. The van der Waals surface area contributed by atoms with E-state index >= 15 is 0 Å². The summed E-state index contributed by atoms with van der Waals surface area (Å²) in [7, 11) is 0. The lowest BCUT2D eigenvalue weighted by Crippen LogP contribution is -2.29. The van der Waals surface area contributed by atoms with Gasteiger partial charge in [-0.05, 0) is 36.6 Å². The van der Waals surface area contributed by atoms with Gasteiger partial charge in [0.1, 0.15) is 15.1 Å². The Hall–Kier alpha value is -2.14. The van der Waals surface area contributed by atoms with Gasteiger partial charge in [0, 0.05) is 36.1 Å². The molecule has 0 bridgehead atoms. The Bertz CT molecular complexity index is 1010. The molecule has 1 fully saturated rings. The fourth-order valence-electron chi connectivity index (χ4n) is 2.95. The number of carbonyl (C=O) groups excluding carboxylic acids is 1. The number of benzene rings is 1. The summed E-state index contributed by atoms with van der Waals surface area (Å²) in [6.07, 6.45) is 5.50. The molecule has 0 radical (unpaired) electrons. The summed E-state index contributed by atoms with van der Waals surface area (Å²) in [5, 5.41) is 9.31. The van der Waals surface area contributed by atoms with Crippen molar-refractivity contribution in [1.82, 2.24) is 9.88 Å². The molecule has 6 nitrogen and oxygen atoms in total. The number of carbonyl (C=O) groups is 2. The standard InChI is InChI=1S/C20H20FN3O3S3/c21-13-6-5-12(10-22)15(8-13)18-23-11-14(29-18)9-16-19(27)24(20(28)30-16)7-3-1-2-4-17(25)26/h5-6,8-9,11H,1-4,7,10,22H2,(H,25,26)/b16-9-. The van der Waals surface area contributed by atoms with Gasteiger partial charge >= 0.3 is 5.97 Å². The number of rotatable bonds is 9. The molecule has 1 aromatic carbocycles. The van der Waals surface area contributed by atoms with Crippen molar-refractivity contribution in [1.29, 1.82) is 0 Å². The monoisotopic (exact) mass is 465 g/mol. The maximum atomic E-state index is 13.7. The van der Waals surface area contributed by atoms with Crippen molar-refractivity contribution in [2.75, 3.05) is 6.54 Å². The molecule has 2 heterocycles. The van der Waals surface area contributed by atoms with Crippen molar-refractivity contribution in [3.05, 3.63) is 45.6 Å². The molecular weight excluding hydrogens is 445 g/mol. The van der Waals surface area contributed by atoms with E-state index in [0.717, 1.165) is 16.9 Å². The van der Waals surface area contributed by atoms with Crippen LogP contribution in [0.2, 0.25) is 0 Å². The minimum absolute atomic E-state index is 0.128. The van der Waals surface area contributed by atoms with E-state index in [1.165, 1.54) is 35.2 Å². The maximum Gasteiger partial charge on any atom is 0.303 e. The average molecular weight is 466 g/mol. The van der Waals surface area contributed by atoms with Gasteiger partial charge in [0.2, 0.25) is 0 Å². The molecule has 1 amide bonds. The number of thiazole rings is 1. The highest BCUT2D eigenvalue weighted by Gasteiger charge is 2.31. The van der Waals surface area contributed by atoms with Crippen LogP contribution in [0, 0.1) is 5.82 Å². The van der Waals surface area contributed by atoms with Crippen molar-refractivity contribution in [3.8, 4) is 10.6 Å². The number of aliphatic carboxylic acids is 1. The van der Waals surface area contributed by atoms with Gasteiger partial charge in [-0.2, -0.15) is 0 Å². The number of unbranched alkanes of at least 4 members (excludes halogenated alkanes) is 2. The molecule has 3 rings (SSSR count). The third-order valence-electron chi connectivity index (χ3n) is 4.47. The zero-order valence-corrected chi connectivity index (χ0v) is 18.4. The lowest BCUT2D eigenvalue weighted by Gasteiger charge is -2.13. The molecule has 30 heavy (non-hydrogen) atoms. The number of carboxylic acid groups (broad SMARTS) is 1. The van der Waals surface area contributed by atoms with E-state index in [4.69, 9.17) is 23.1 Å². The van der Waals surface area contributed by atoms with Crippen molar-refractivity contribution >= 4 is 57.6 Å². The Morgan fingerprint density at radius 2 is 2.13 bits per heavy atom. The van der Waals surface area contributed by atoms with Crippen LogP contribution in [-0.4, -0.2) is 37.7 Å². The van der Waals surface area contributed by atoms with Crippen LogP contribution in [0.3, 0.4) is 0 Å². The number of hydrogen-bond donors (Lipinski definition) is 2. The van der Waals surface area contributed by atoms with Crippen LogP contribution in [0.4, 0.5) is 4.39 Å². The second-order valence-corrected chi connectivity index (χ2v) is 9.35. The number of aromatic nitrogens is 1. The van der Waals surface area contributed by atoms with E-state index in [2.05, 4.69) is 4.98 Å². The molecule has 3 N–H and O–H groups in total. The zero-order chi connectivity index (χ0) is 21.7. The predicted octanol–water partition coefficient (Wildman–Crippen LogP) is 4.25. The topological polar surface area (TPSA) is 96.5 Å². The maximum absolute atomic E-state index is 13.7. The van der Waals surface area contributed by atoms with Gasteiger partial charge in [-0.1, -0.05) is 36.5 Å². The van der Waals surface area contributed by atoms with Crippen LogP contribution >= 0.6 is 35.3 Å². The number of amides is 1. The fraction of sp³-hybridized carbons (Fsp3) is 0.300. The number of thioether (sulfide) groups is 1. The van der Waals surface area contributed by atoms with Gasteiger partial charge in [0.15, 0.2) is 0 Å². The average Bonchev–Trinajstić information content (AvgIpc) is 3.27. The van der Waals surface area contributed by atoms with Gasteiger partial charge in [-0.25, -0.2) is 9.37 Å². The molecule has 0 spiro atoms. The minimum atomic E-state index is -0.815. The summed E-state index contributed by atoms with van der Waals surface area (Å²) in [5.41, 5.74) is 7.19. The van der Waals surface area contributed by atoms with Crippen molar-refractivity contribution in [3.63, 3.8) is 0 Å². The molecule has 0 unspecified atom stereocenters. The predicted molar refractivity (Wildman–Crippen MR) is 121 cm³/mol. The quantitative estimate of drug-likeness (QED) is 0.325. The second kappa shape index (κ2) is 10.3. The first-order chi connectivity index (χ1) is 14.4. The van der Waals surface area contributed by atoms with Crippen LogP contribution in [0.15, 0.2) is 29.3 Å². The molecule has 2 aromatic rings. The number of halogens is 1. The Morgan fingerprint density at radius 1 is 1.33 bits per heavy atom. The third kappa shape index (κ3) is 5.51. The van der Waals surface area contributed by atoms with Gasteiger partial charge in [0.05, 0.1) is 4.91 Å². The fourth-order valence-corrected chi connectivity index (χ4v) is 5.23. The molecule has 0 saturated carbocycles. The van der Waals surface area contributed by atoms with E-state index in [-0.39, 0.29) is 24.7 Å². The number of nitrogens with two attached hydrogens (primary N) is 1. The normalized spacial score (nSPS) is 15.4. The molecule has 158 valence electrons. The van der Waals surface area contributed by atoms with Crippen molar-refractivity contribution in [2.24, 2.45) is 5.73 Å². The van der Waals surface area contributed by atoms with E-state index in [9.17, 15) is 14.0 Å². The largest absolute Gasteiger partial charge is 0.481 e. The molecule has 1 aromatic heterocycles.